The summed E-state index contributed by atoms with van der Waals surface area (Å²) in [7, 11) is 0. The highest BCUT2D eigenvalue weighted by Crippen LogP contribution is 2.21. The molecule has 5 rings (SSSR count). The van der Waals surface area contributed by atoms with Crippen LogP contribution < -0.4 is 10.1 Å². The Morgan fingerprint density at radius 3 is 2.67 bits per heavy atom. The second-order valence-corrected chi connectivity index (χ2v) is 7.51. The van der Waals surface area contributed by atoms with Crippen molar-refractivity contribution in [2.45, 2.75) is 13.8 Å². The Balaban J connectivity index is 1.72. The van der Waals surface area contributed by atoms with Gasteiger partial charge in [0.15, 0.2) is 4.96 Å². The fourth-order valence-corrected chi connectivity index (χ4v) is 4.56. The van der Waals surface area contributed by atoms with Gasteiger partial charge in [0, 0.05) is 29.5 Å². The first kappa shape index (κ1) is 16.0. The van der Waals surface area contributed by atoms with Crippen LogP contribution in [0.4, 0.5) is 0 Å². The fraction of sp³-hybridized carbons (Fsp3) is 0.0952. The van der Waals surface area contributed by atoms with Crippen LogP contribution in [-0.4, -0.2) is 18.9 Å². The van der Waals surface area contributed by atoms with Crippen molar-refractivity contribution in [3.05, 3.63) is 86.7 Å². The monoisotopic (exact) mass is 372 g/mol. The molecule has 0 amide bonds. The number of aromatic nitrogens is 4. The predicted molar refractivity (Wildman–Crippen MR) is 109 cm³/mol. The Kier molecular flexibility index (Phi) is 3.48. The molecule has 0 spiro atoms. The van der Waals surface area contributed by atoms with E-state index in [4.69, 9.17) is 0 Å². The van der Waals surface area contributed by atoms with E-state index in [2.05, 4.69) is 34.4 Å². The van der Waals surface area contributed by atoms with Crippen molar-refractivity contribution in [1.29, 1.82) is 0 Å². The molecule has 0 unspecified atom stereocenters. The molecule has 0 bridgehead atoms. The third-order valence-corrected chi connectivity index (χ3v) is 5.79. The van der Waals surface area contributed by atoms with Crippen molar-refractivity contribution < 1.29 is 0 Å². The average Bonchev–Trinajstić information content (AvgIpc) is 3.28. The van der Waals surface area contributed by atoms with Crippen molar-refractivity contribution in [3.8, 4) is 5.69 Å². The SMILES string of the molecule is Cc1cc(/C=c2/sc3nc4ccccc4n3c2=O)c(C)n1-c1ccncc1. The molecule has 5 nitrogen and oxygen atoms in total. The number of imidazole rings is 1. The summed E-state index contributed by atoms with van der Waals surface area (Å²) in [6, 6.07) is 13.8. The van der Waals surface area contributed by atoms with Crippen molar-refractivity contribution >= 4 is 33.4 Å². The minimum Gasteiger partial charge on any atom is -0.318 e. The molecule has 0 radical (unpaired) electrons. The molecule has 0 atom stereocenters. The Morgan fingerprint density at radius 1 is 1.07 bits per heavy atom. The molecule has 6 heteroatoms. The number of hydrogen-bond donors (Lipinski definition) is 0. The largest absolute Gasteiger partial charge is 0.318 e. The van der Waals surface area contributed by atoms with Gasteiger partial charge < -0.3 is 4.57 Å². The van der Waals surface area contributed by atoms with E-state index in [-0.39, 0.29) is 5.56 Å². The highest BCUT2D eigenvalue weighted by molar-refractivity contribution is 7.15. The second-order valence-electron chi connectivity index (χ2n) is 6.50. The zero-order valence-electron chi connectivity index (χ0n) is 14.9. The highest BCUT2D eigenvalue weighted by atomic mass is 32.1. The quantitative estimate of drug-likeness (QED) is 0.478. The van der Waals surface area contributed by atoms with Crippen molar-refractivity contribution in [2.75, 3.05) is 0 Å². The standard InChI is InChI=1S/C21H16N4OS/c1-13-11-15(14(2)24(13)16-7-9-22-10-8-16)12-19-20(26)25-18-6-4-3-5-17(18)23-21(25)27-19/h3-12H,1-2H3/b19-12+. The molecule has 5 aromatic rings. The fourth-order valence-electron chi connectivity index (χ4n) is 3.58. The molecule has 0 saturated carbocycles. The van der Waals surface area contributed by atoms with E-state index < -0.39 is 0 Å². The van der Waals surface area contributed by atoms with Gasteiger partial charge in [0.05, 0.1) is 15.6 Å². The summed E-state index contributed by atoms with van der Waals surface area (Å²) in [5.41, 5.74) is 6.00. The molecule has 0 aliphatic rings. The predicted octanol–water partition coefficient (Wildman–Crippen LogP) is 3.26. The average molecular weight is 372 g/mol. The first-order valence-electron chi connectivity index (χ1n) is 8.64. The summed E-state index contributed by atoms with van der Waals surface area (Å²) in [5.74, 6) is 0. The Morgan fingerprint density at radius 2 is 1.85 bits per heavy atom. The lowest BCUT2D eigenvalue weighted by Gasteiger charge is -2.08. The minimum atomic E-state index is -0.0163. The Labute approximate surface area is 158 Å². The lowest BCUT2D eigenvalue weighted by atomic mass is 10.2. The van der Waals surface area contributed by atoms with Gasteiger partial charge in [0.1, 0.15) is 0 Å². The normalized spacial score (nSPS) is 12.4. The number of rotatable bonds is 2. The van der Waals surface area contributed by atoms with Crippen molar-refractivity contribution in [1.82, 2.24) is 18.9 Å². The summed E-state index contributed by atoms with van der Waals surface area (Å²) in [6.07, 6.45) is 5.54. The molecule has 0 aliphatic carbocycles. The van der Waals surface area contributed by atoms with E-state index >= 15 is 0 Å². The number of nitrogens with zero attached hydrogens (tertiary/aromatic N) is 4. The van der Waals surface area contributed by atoms with Gasteiger partial charge >= 0.3 is 0 Å². The van der Waals surface area contributed by atoms with E-state index in [0.29, 0.717) is 4.53 Å². The van der Waals surface area contributed by atoms with Crippen LogP contribution in [0.25, 0.3) is 27.8 Å². The number of para-hydroxylation sites is 2. The maximum absolute atomic E-state index is 13.0. The number of thiazole rings is 1. The number of aryl methyl sites for hydroxylation is 1. The van der Waals surface area contributed by atoms with Gasteiger partial charge in [-0.1, -0.05) is 23.5 Å². The molecule has 1 aromatic carbocycles. The number of benzene rings is 1. The molecular formula is C21H16N4OS. The molecular weight excluding hydrogens is 356 g/mol. The highest BCUT2D eigenvalue weighted by Gasteiger charge is 2.13. The minimum absolute atomic E-state index is 0.0163. The molecule has 132 valence electrons. The molecule has 0 saturated heterocycles. The third kappa shape index (κ3) is 2.41. The van der Waals surface area contributed by atoms with E-state index in [1.54, 1.807) is 16.8 Å². The number of pyridine rings is 1. The van der Waals surface area contributed by atoms with E-state index in [1.807, 2.05) is 42.5 Å². The maximum Gasteiger partial charge on any atom is 0.274 e. The van der Waals surface area contributed by atoms with Crippen LogP contribution in [-0.2, 0) is 0 Å². The lowest BCUT2D eigenvalue weighted by Crippen LogP contribution is -2.22. The van der Waals surface area contributed by atoms with Crippen molar-refractivity contribution in [3.63, 3.8) is 0 Å². The summed E-state index contributed by atoms with van der Waals surface area (Å²) < 4.78 is 4.57. The second kappa shape index (κ2) is 5.89. The van der Waals surface area contributed by atoms with Gasteiger partial charge in [0.2, 0.25) is 0 Å². The molecule has 0 N–H and O–H groups in total. The van der Waals surface area contributed by atoms with Crippen LogP contribution in [0.2, 0.25) is 0 Å². The number of hydrogen-bond acceptors (Lipinski definition) is 4. The van der Waals surface area contributed by atoms with Gasteiger partial charge in [-0.2, -0.15) is 0 Å². The topological polar surface area (TPSA) is 52.2 Å². The van der Waals surface area contributed by atoms with E-state index in [9.17, 15) is 4.79 Å². The summed E-state index contributed by atoms with van der Waals surface area (Å²) in [6.45, 7) is 4.13. The Bertz CT molecular complexity index is 1410. The van der Waals surface area contributed by atoms with Gasteiger partial charge in [0.25, 0.3) is 5.56 Å². The first-order chi connectivity index (χ1) is 13.1. The van der Waals surface area contributed by atoms with Crippen LogP contribution in [0, 0.1) is 13.8 Å². The van der Waals surface area contributed by atoms with Crippen molar-refractivity contribution in [2.24, 2.45) is 0 Å². The van der Waals surface area contributed by atoms with Crippen LogP contribution >= 0.6 is 11.3 Å². The van der Waals surface area contributed by atoms with E-state index in [0.717, 1.165) is 38.6 Å². The van der Waals surface area contributed by atoms with Crippen LogP contribution in [0.15, 0.2) is 59.7 Å². The lowest BCUT2D eigenvalue weighted by molar-refractivity contribution is 0.960. The van der Waals surface area contributed by atoms with Crippen LogP contribution in [0.3, 0.4) is 0 Å². The maximum atomic E-state index is 13.0. The van der Waals surface area contributed by atoms with E-state index in [1.165, 1.54) is 11.3 Å². The molecule has 4 aromatic heterocycles. The van der Waals surface area contributed by atoms with Gasteiger partial charge in [-0.15, -0.1) is 0 Å². The van der Waals surface area contributed by atoms with Crippen LogP contribution in [0.1, 0.15) is 17.0 Å². The summed E-state index contributed by atoms with van der Waals surface area (Å²) >= 11 is 1.43. The summed E-state index contributed by atoms with van der Waals surface area (Å²) in [5, 5.41) is 0. The zero-order valence-corrected chi connectivity index (χ0v) is 15.7. The zero-order chi connectivity index (χ0) is 18.5. The van der Waals surface area contributed by atoms with Gasteiger partial charge in [-0.25, -0.2) is 9.38 Å². The molecule has 27 heavy (non-hydrogen) atoms. The molecule has 0 fully saturated rings. The molecule has 4 heterocycles. The molecule has 0 aliphatic heterocycles. The van der Waals surface area contributed by atoms with Crippen LogP contribution in [0.5, 0.6) is 0 Å². The summed E-state index contributed by atoms with van der Waals surface area (Å²) in [4.78, 5) is 22.4. The Hall–Kier alpha value is -3.25. The first-order valence-corrected chi connectivity index (χ1v) is 9.46. The van der Waals surface area contributed by atoms with Gasteiger partial charge in [-0.05, 0) is 55.8 Å². The number of fused-ring (bicyclic) bond motifs is 3. The van der Waals surface area contributed by atoms with Gasteiger partial charge in [-0.3, -0.25) is 9.78 Å². The third-order valence-electron chi connectivity index (χ3n) is 4.82. The smallest absolute Gasteiger partial charge is 0.274 e.